The van der Waals surface area contributed by atoms with Gasteiger partial charge in [-0.2, -0.15) is 0 Å². The van der Waals surface area contributed by atoms with Crippen LogP contribution in [-0.4, -0.2) is 31.1 Å². The van der Waals surface area contributed by atoms with Crippen LogP contribution in [0.3, 0.4) is 0 Å². The van der Waals surface area contributed by atoms with Crippen molar-refractivity contribution in [2.75, 3.05) is 6.54 Å². The molecule has 1 aliphatic rings. The summed E-state index contributed by atoms with van der Waals surface area (Å²) in [5.41, 5.74) is 1.92. The van der Waals surface area contributed by atoms with Gasteiger partial charge < -0.3 is 4.90 Å². The quantitative estimate of drug-likeness (QED) is 0.839. The summed E-state index contributed by atoms with van der Waals surface area (Å²) < 4.78 is 26.4. The van der Waals surface area contributed by atoms with Crippen LogP contribution in [-0.2, 0) is 21.1 Å². The molecule has 0 bridgehead atoms. The summed E-state index contributed by atoms with van der Waals surface area (Å²) in [5.74, 6) is -0.0772. The maximum absolute atomic E-state index is 13.2. The molecule has 0 spiro atoms. The first-order valence-electron chi connectivity index (χ1n) is 8.12. The predicted octanol–water partition coefficient (Wildman–Crippen LogP) is 2.96. The zero-order valence-corrected chi connectivity index (χ0v) is 14.5. The van der Waals surface area contributed by atoms with E-state index in [2.05, 4.69) is 0 Å². The minimum atomic E-state index is -3.63. The van der Waals surface area contributed by atoms with Crippen molar-refractivity contribution in [3.8, 4) is 0 Å². The van der Waals surface area contributed by atoms with Gasteiger partial charge in [-0.05, 0) is 31.0 Å². The van der Waals surface area contributed by atoms with E-state index >= 15 is 0 Å². The third-order valence-electron chi connectivity index (χ3n) is 4.42. The van der Waals surface area contributed by atoms with E-state index in [9.17, 15) is 13.2 Å². The van der Waals surface area contributed by atoms with Crippen LogP contribution in [0.15, 0.2) is 59.5 Å². The van der Waals surface area contributed by atoms with Crippen molar-refractivity contribution < 1.29 is 13.2 Å². The van der Waals surface area contributed by atoms with Gasteiger partial charge in [-0.1, -0.05) is 48.0 Å². The second kappa shape index (κ2) is 6.77. The summed E-state index contributed by atoms with van der Waals surface area (Å²) in [4.78, 5) is 14.0. The largest absolute Gasteiger partial charge is 0.325 e. The van der Waals surface area contributed by atoms with Crippen molar-refractivity contribution in [3.63, 3.8) is 0 Å². The number of benzene rings is 2. The first kappa shape index (κ1) is 16.7. The van der Waals surface area contributed by atoms with E-state index in [1.807, 2.05) is 37.3 Å². The van der Waals surface area contributed by atoms with Crippen molar-refractivity contribution in [2.24, 2.45) is 0 Å². The number of nitrogens with zero attached hydrogens (tertiary/aromatic N) is 1. The molecule has 0 radical (unpaired) electrons. The molecule has 1 atom stereocenters. The molecule has 0 aromatic heterocycles. The number of carbonyl (C=O) groups is 1. The average molecular weight is 343 g/mol. The Morgan fingerprint density at radius 1 is 1.04 bits per heavy atom. The Labute approximate surface area is 143 Å². The second-order valence-electron chi connectivity index (χ2n) is 6.19. The fourth-order valence-electron chi connectivity index (χ4n) is 3.06. The molecular weight excluding hydrogens is 322 g/mol. The Bertz CT molecular complexity index is 813. The summed E-state index contributed by atoms with van der Waals surface area (Å²) in [6.45, 7) is 2.42. The van der Waals surface area contributed by atoms with Crippen molar-refractivity contribution in [2.45, 2.75) is 36.5 Å². The lowest BCUT2D eigenvalue weighted by atomic mass is 10.1. The third-order valence-corrected chi connectivity index (χ3v) is 6.49. The first-order valence-corrected chi connectivity index (χ1v) is 9.67. The van der Waals surface area contributed by atoms with Gasteiger partial charge in [0.15, 0.2) is 9.84 Å². The lowest BCUT2D eigenvalue weighted by Gasteiger charge is -2.28. The number of carbonyl (C=O) groups excluding carboxylic acids is 1. The molecule has 5 heteroatoms. The van der Waals surface area contributed by atoms with E-state index in [0.29, 0.717) is 25.8 Å². The molecule has 0 aliphatic carbocycles. The summed E-state index contributed by atoms with van der Waals surface area (Å²) in [6.07, 6.45) is 1.45. The highest BCUT2D eigenvalue weighted by molar-refractivity contribution is 7.92. The fraction of sp³-hybridized carbons (Fsp3) is 0.316. The summed E-state index contributed by atoms with van der Waals surface area (Å²) in [6, 6.07) is 16.3. The van der Waals surface area contributed by atoms with Gasteiger partial charge in [0.1, 0.15) is 5.37 Å². The van der Waals surface area contributed by atoms with E-state index < -0.39 is 15.2 Å². The normalized spacial score (nSPS) is 16.4. The lowest BCUT2D eigenvalue weighted by molar-refractivity contribution is -0.128. The van der Waals surface area contributed by atoms with Crippen molar-refractivity contribution in [3.05, 3.63) is 65.7 Å². The van der Waals surface area contributed by atoms with E-state index in [1.54, 1.807) is 24.3 Å². The van der Waals surface area contributed by atoms with Gasteiger partial charge in [-0.3, -0.25) is 4.79 Å². The number of hydrogen-bond donors (Lipinski definition) is 0. The molecule has 1 saturated heterocycles. The first-order chi connectivity index (χ1) is 11.5. The van der Waals surface area contributed by atoms with E-state index in [-0.39, 0.29) is 10.8 Å². The molecule has 2 aromatic carbocycles. The Morgan fingerprint density at radius 3 is 2.29 bits per heavy atom. The maximum atomic E-state index is 13.2. The molecule has 24 heavy (non-hydrogen) atoms. The van der Waals surface area contributed by atoms with Crippen molar-refractivity contribution in [1.82, 2.24) is 4.90 Å². The average Bonchev–Trinajstić information content (AvgIpc) is 2.99. The van der Waals surface area contributed by atoms with Gasteiger partial charge in [0.05, 0.1) is 4.90 Å². The van der Waals surface area contributed by atoms with E-state index in [1.165, 1.54) is 4.90 Å². The number of aryl methyl sites for hydroxylation is 1. The van der Waals surface area contributed by atoms with Crippen LogP contribution < -0.4 is 0 Å². The van der Waals surface area contributed by atoms with Gasteiger partial charge in [-0.15, -0.1) is 0 Å². The Balaban J connectivity index is 1.99. The Hall–Kier alpha value is -2.14. The number of likely N-dealkylation sites (tertiary alicyclic amines) is 1. The van der Waals surface area contributed by atoms with Crippen LogP contribution in [0.5, 0.6) is 0 Å². The van der Waals surface area contributed by atoms with Crippen LogP contribution in [0, 0.1) is 6.92 Å². The van der Waals surface area contributed by atoms with E-state index in [4.69, 9.17) is 0 Å². The Kier molecular flexibility index (Phi) is 4.71. The molecule has 1 aliphatic heterocycles. The fourth-order valence-corrected chi connectivity index (χ4v) is 4.86. The smallest absolute Gasteiger partial charge is 0.223 e. The zero-order chi connectivity index (χ0) is 17.2. The van der Waals surface area contributed by atoms with Crippen LogP contribution in [0.25, 0.3) is 0 Å². The molecule has 126 valence electrons. The highest BCUT2D eigenvalue weighted by atomic mass is 32.2. The molecule has 1 amide bonds. The molecule has 1 unspecified atom stereocenters. The number of hydrogen-bond acceptors (Lipinski definition) is 3. The molecule has 2 aromatic rings. The second-order valence-corrected chi connectivity index (χ2v) is 8.30. The van der Waals surface area contributed by atoms with Crippen molar-refractivity contribution >= 4 is 15.7 Å². The molecule has 1 heterocycles. The number of sulfone groups is 1. The SMILES string of the molecule is Cc1ccc(S(=O)(=O)C(Cc2ccccc2)N2CCCC2=O)cc1. The van der Waals surface area contributed by atoms with Crippen LogP contribution in [0.2, 0.25) is 0 Å². The van der Waals surface area contributed by atoms with Gasteiger partial charge in [0.25, 0.3) is 0 Å². The zero-order valence-electron chi connectivity index (χ0n) is 13.7. The number of amides is 1. The molecule has 0 N–H and O–H groups in total. The van der Waals surface area contributed by atoms with Gasteiger partial charge >= 0.3 is 0 Å². The summed E-state index contributed by atoms with van der Waals surface area (Å²) in [7, 11) is -3.63. The minimum Gasteiger partial charge on any atom is -0.325 e. The topological polar surface area (TPSA) is 54.5 Å². The molecule has 1 fully saturated rings. The summed E-state index contributed by atoms with van der Waals surface area (Å²) in [5, 5.41) is -0.849. The van der Waals surface area contributed by atoms with Crippen molar-refractivity contribution in [1.29, 1.82) is 0 Å². The highest BCUT2D eigenvalue weighted by Crippen LogP contribution is 2.26. The Morgan fingerprint density at radius 2 is 1.71 bits per heavy atom. The summed E-state index contributed by atoms with van der Waals surface area (Å²) >= 11 is 0. The minimum absolute atomic E-state index is 0.0772. The molecule has 3 rings (SSSR count). The molecule has 0 saturated carbocycles. The van der Waals surface area contributed by atoms with Crippen LogP contribution in [0.1, 0.15) is 24.0 Å². The maximum Gasteiger partial charge on any atom is 0.223 e. The molecule has 4 nitrogen and oxygen atoms in total. The van der Waals surface area contributed by atoms with E-state index in [0.717, 1.165) is 11.1 Å². The standard InChI is InChI=1S/C19H21NO3S/c1-15-9-11-17(12-10-15)24(22,23)19(20-13-5-8-18(20)21)14-16-6-3-2-4-7-16/h2-4,6-7,9-12,19H,5,8,13-14H2,1H3. The van der Waals surface area contributed by atoms with Crippen LogP contribution in [0.4, 0.5) is 0 Å². The number of rotatable bonds is 5. The monoisotopic (exact) mass is 343 g/mol. The van der Waals surface area contributed by atoms with Gasteiger partial charge in [-0.25, -0.2) is 8.42 Å². The lowest BCUT2D eigenvalue weighted by Crippen LogP contribution is -2.43. The molecular formula is C19H21NO3S. The van der Waals surface area contributed by atoms with Crippen LogP contribution >= 0.6 is 0 Å². The third kappa shape index (κ3) is 3.36. The highest BCUT2D eigenvalue weighted by Gasteiger charge is 2.37. The van der Waals surface area contributed by atoms with Gasteiger partial charge in [0, 0.05) is 19.4 Å². The predicted molar refractivity (Wildman–Crippen MR) is 93.2 cm³/mol. The van der Waals surface area contributed by atoms with Gasteiger partial charge in [0.2, 0.25) is 5.91 Å².